The quantitative estimate of drug-likeness (QED) is 0.848. The van der Waals surface area contributed by atoms with Gasteiger partial charge in [-0.25, -0.2) is 0 Å². The number of rotatable bonds is 3. The minimum absolute atomic E-state index is 0.0173. The van der Waals surface area contributed by atoms with Gasteiger partial charge in [0.15, 0.2) is 0 Å². The second-order valence-electron chi connectivity index (χ2n) is 6.13. The first-order chi connectivity index (χ1) is 9.74. The third-order valence-electron chi connectivity index (χ3n) is 5.10. The highest BCUT2D eigenvalue weighted by atomic mass is 16.6. The molecule has 1 aromatic rings. The van der Waals surface area contributed by atoms with E-state index in [4.69, 9.17) is 4.74 Å². The summed E-state index contributed by atoms with van der Waals surface area (Å²) in [5.41, 5.74) is 1.08. The van der Waals surface area contributed by atoms with Crippen molar-refractivity contribution in [3.8, 4) is 0 Å². The lowest BCUT2D eigenvalue weighted by Gasteiger charge is -2.23. The average Bonchev–Trinajstić information content (AvgIpc) is 3.07. The van der Waals surface area contributed by atoms with Crippen LogP contribution in [0.1, 0.15) is 18.4 Å². The number of amides is 1. The summed E-state index contributed by atoms with van der Waals surface area (Å²) in [6, 6.07) is 9.84. The Kier molecular flexibility index (Phi) is 2.59. The molecule has 0 spiro atoms. The third-order valence-corrected chi connectivity index (χ3v) is 5.10. The van der Waals surface area contributed by atoms with Gasteiger partial charge in [-0.3, -0.25) is 9.59 Å². The highest BCUT2D eigenvalue weighted by molar-refractivity contribution is 5.88. The van der Waals surface area contributed by atoms with Gasteiger partial charge in [-0.1, -0.05) is 30.3 Å². The number of carbonyl (C=O) groups excluding carboxylic acids is 2. The topological polar surface area (TPSA) is 55.4 Å². The fourth-order valence-corrected chi connectivity index (χ4v) is 4.27. The molecule has 4 nitrogen and oxygen atoms in total. The molecule has 1 aliphatic heterocycles. The van der Waals surface area contributed by atoms with Crippen LogP contribution in [0.5, 0.6) is 0 Å². The van der Waals surface area contributed by atoms with Crippen LogP contribution in [0.15, 0.2) is 30.3 Å². The van der Waals surface area contributed by atoms with Crippen LogP contribution >= 0.6 is 0 Å². The Morgan fingerprint density at radius 2 is 2.05 bits per heavy atom. The Morgan fingerprint density at radius 3 is 2.85 bits per heavy atom. The summed E-state index contributed by atoms with van der Waals surface area (Å²) in [5.74, 6) is 0.130. The van der Waals surface area contributed by atoms with Gasteiger partial charge in [-0.05, 0) is 24.3 Å². The lowest BCUT2D eigenvalue weighted by Crippen LogP contribution is -2.39. The van der Waals surface area contributed by atoms with Crippen molar-refractivity contribution in [3.05, 3.63) is 35.9 Å². The van der Waals surface area contributed by atoms with E-state index in [-0.39, 0.29) is 29.8 Å². The molecule has 0 aromatic heterocycles. The molecule has 3 fully saturated rings. The smallest absolute Gasteiger partial charge is 0.310 e. The van der Waals surface area contributed by atoms with Crippen molar-refractivity contribution in [2.24, 2.45) is 23.7 Å². The van der Waals surface area contributed by atoms with Crippen LogP contribution in [0.4, 0.5) is 0 Å². The Hall–Kier alpha value is -1.84. The van der Waals surface area contributed by atoms with Crippen molar-refractivity contribution in [2.75, 3.05) is 0 Å². The molecular weight excluding hydrogens is 254 g/mol. The van der Waals surface area contributed by atoms with Gasteiger partial charge >= 0.3 is 5.97 Å². The maximum absolute atomic E-state index is 12.4. The average molecular weight is 271 g/mol. The van der Waals surface area contributed by atoms with Crippen molar-refractivity contribution in [1.29, 1.82) is 0 Å². The number of carbonyl (C=O) groups is 2. The molecule has 1 N–H and O–H groups in total. The first-order valence-corrected chi connectivity index (χ1v) is 7.26. The van der Waals surface area contributed by atoms with E-state index < -0.39 is 0 Å². The van der Waals surface area contributed by atoms with E-state index in [9.17, 15) is 9.59 Å². The molecule has 5 atom stereocenters. The maximum atomic E-state index is 12.4. The van der Waals surface area contributed by atoms with Gasteiger partial charge in [0.2, 0.25) is 5.91 Å². The van der Waals surface area contributed by atoms with Crippen molar-refractivity contribution < 1.29 is 14.3 Å². The molecule has 0 unspecified atom stereocenters. The largest absolute Gasteiger partial charge is 0.462 e. The number of benzene rings is 1. The molecule has 20 heavy (non-hydrogen) atoms. The van der Waals surface area contributed by atoms with Crippen molar-refractivity contribution >= 4 is 11.9 Å². The Bertz CT molecular complexity index is 554. The van der Waals surface area contributed by atoms with Crippen LogP contribution in [0, 0.1) is 23.7 Å². The van der Waals surface area contributed by atoms with E-state index in [1.807, 2.05) is 30.3 Å². The fourth-order valence-electron chi connectivity index (χ4n) is 4.27. The zero-order chi connectivity index (χ0) is 13.7. The summed E-state index contributed by atoms with van der Waals surface area (Å²) in [4.78, 5) is 24.3. The lowest BCUT2D eigenvalue weighted by atomic mass is 9.79. The van der Waals surface area contributed by atoms with E-state index in [0.29, 0.717) is 18.4 Å². The van der Waals surface area contributed by atoms with Crippen LogP contribution < -0.4 is 5.32 Å². The van der Waals surface area contributed by atoms with Gasteiger partial charge in [0.05, 0.1) is 11.8 Å². The van der Waals surface area contributed by atoms with Crippen molar-refractivity contribution in [2.45, 2.75) is 25.5 Å². The standard InChI is InChI=1S/C16H17NO3/c18-15(17-8-9-4-2-1-3-5-9)13-10-6-11-12(7-10)20-16(19)14(11)13/h1-5,10-14H,6-8H2,(H,17,18)/t10-,11+,12+,13-,14+/m1/s1. The predicted molar refractivity (Wildman–Crippen MR) is 71.4 cm³/mol. The minimum atomic E-state index is -0.186. The molecule has 104 valence electrons. The normalized spacial score (nSPS) is 37.0. The Labute approximate surface area is 117 Å². The lowest BCUT2D eigenvalue weighted by molar-refractivity contribution is -0.146. The summed E-state index contributed by atoms with van der Waals surface area (Å²) in [7, 11) is 0. The Balaban J connectivity index is 1.46. The van der Waals surface area contributed by atoms with Gasteiger partial charge in [0.1, 0.15) is 6.10 Å². The van der Waals surface area contributed by atoms with Gasteiger partial charge < -0.3 is 10.1 Å². The zero-order valence-corrected chi connectivity index (χ0v) is 11.1. The van der Waals surface area contributed by atoms with Gasteiger partial charge in [-0.15, -0.1) is 0 Å². The molecule has 0 radical (unpaired) electrons. The molecule has 4 rings (SSSR count). The van der Waals surface area contributed by atoms with E-state index in [2.05, 4.69) is 5.32 Å². The Morgan fingerprint density at radius 1 is 1.25 bits per heavy atom. The molecule has 3 aliphatic rings. The number of hydrogen-bond donors (Lipinski definition) is 1. The van der Waals surface area contributed by atoms with Gasteiger partial charge in [-0.2, -0.15) is 0 Å². The SMILES string of the molecule is O=C(NCc1ccccc1)[C@@H]1[C@@H]2C[C@@H]3[C@@H]1C(=O)O[C@H]3C2. The molecule has 1 saturated heterocycles. The van der Waals surface area contributed by atoms with Crippen LogP contribution in [0.2, 0.25) is 0 Å². The zero-order valence-electron chi connectivity index (χ0n) is 11.1. The van der Waals surface area contributed by atoms with Crippen molar-refractivity contribution in [1.82, 2.24) is 5.32 Å². The van der Waals surface area contributed by atoms with Crippen LogP contribution in [0.25, 0.3) is 0 Å². The first-order valence-electron chi connectivity index (χ1n) is 7.26. The monoisotopic (exact) mass is 271 g/mol. The first kappa shape index (κ1) is 11.9. The summed E-state index contributed by atoms with van der Waals surface area (Å²) >= 11 is 0. The van der Waals surface area contributed by atoms with E-state index in [0.717, 1.165) is 18.4 Å². The number of esters is 1. The molecule has 2 saturated carbocycles. The molecule has 2 aliphatic carbocycles. The summed E-state index contributed by atoms with van der Waals surface area (Å²) < 4.78 is 5.36. The van der Waals surface area contributed by atoms with Gasteiger partial charge in [0.25, 0.3) is 0 Å². The molecule has 2 bridgehead atoms. The number of ether oxygens (including phenoxy) is 1. The molecular formula is C16H17NO3. The van der Waals surface area contributed by atoms with Crippen LogP contribution in [0.3, 0.4) is 0 Å². The summed E-state index contributed by atoms with van der Waals surface area (Å²) in [6.45, 7) is 0.527. The minimum Gasteiger partial charge on any atom is -0.462 e. The highest BCUT2D eigenvalue weighted by Gasteiger charge is 2.63. The second-order valence-corrected chi connectivity index (χ2v) is 6.13. The third kappa shape index (κ3) is 1.67. The summed E-state index contributed by atoms with van der Waals surface area (Å²) in [6.07, 6.45) is 1.94. The second kappa shape index (κ2) is 4.33. The van der Waals surface area contributed by atoms with Crippen LogP contribution in [-0.2, 0) is 20.9 Å². The van der Waals surface area contributed by atoms with Gasteiger partial charge in [0, 0.05) is 12.5 Å². The summed E-state index contributed by atoms with van der Waals surface area (Å²) in [5, 5.41) is 2.98. The van der Waals surface area contributed by atoms with Crippen molar-refractivity contribution in [3.63, 3.8) is 0 Å². The maximum Gasteiger partial charge on any atom is 0.310 e. The van der Waals surface area contributed by atoms with Crippen LogP contribution in [-0.4, -0.2) is 18.0 Å². The molecule has 4 heteroatoms. The van der Waals surface area contributed by atoms with E-state index in [1.165, 1.54) is 0 Å². The number of nitrogens with one attached hydrogen (secondary N) is 1. The molecule has 1 heterocycles. The number of fused-ring (bicyclic) bond motifs is 1. The fraction of sp³-hybridized carbons (Fsp3) is 0.500. The molecule has 1 amide bonds. The van der Waals surface area contributed by atoms with E-state index >= 15 is 0 Å². The number of hydrogen-bond acceptors (Lipinski definition) is 3. The van der Waals surface area contributed by atoms with E-state index in [1.54, 1.807) is 0 Å². The molecule has 1 aromatic carbocycles. The predicted octanol–water partition coefficient (Wildman–Crippen LogP) is 1.50. The highest BCUT2D eigenvalue weighted by Crippen LogP contribution is 2.57.